The first kappa shape index (κ1) is 13.5. The van der Waals surface area contributed by atoms with Crippen LogP contribution in [-0.4, -0.2) is 23.2 Å². The van der Waals surface area contributed by atoms with Crippen molar-refractivity contribution >= 4 is 29.0 Å². The summed E-state index contributed by atoms with van der Waals surface area (Å²) in [6.45, 7) is 7.26. The molecule has 1 aromatic heterocycles. The van der Waals surface area contributed by atoms with Gasteiger partial charge in [-0.3, -0.25) is 4.79 Å². The first-order valence-electron chi connectivity index (χ1n) is 5.26. The zero-order valence-electron chi connectivity index (χ0n) is 9.95. The van der Waals surface area contributed by atoms with Crippen LogP contribution < -0.4 is 5.32 Å². The number of carbonyl (C=O) groups excluding carboxylic acids is 1. The minimum absolute atomic E-state index is 0.0875. The van der Waals surface area contributed by atoms with E-state index in [1.54, 1.807) is 17.5 Å². The van der Waals surface area contributed by atoms with Crippen molar-refractivity contribution in [1.82, 2.24) is 10.3 Å². The summed E-state index contributed by atoms with van der Waals surface area (Å²) in [5.41, 5.74) is 0.274. The Bertz CT molecular complexity index is 317. The van der Waals surface area contributed by atoms with Gasteiger partial charge in [-0.15, -0.1) is 11.3 Å². The average Bonchev–Trinajstić information content (AvgIpc) is 2.65. The number of aromatic nitrogens is 1. The van der Waals surface area contributed by atoms with Gasteiger partial charge in [-0.25, -0.2) is 4.98 Å². The van der Waals surface area contributed by atoms with Gasteiger partial charge in [0, 0.05) is 18.1 Å². The first-order valence-corrected chi connectivity index (χ1v) is 7.13. The lowest BCUT2D eigenvalue weighted by Gasteiger charge is -2.17. The first-order chi connectivity index (χ1) is 7.47. The van der Waals surface area contributed by atoms with Gasteiger partial charge in [0.1, 0.15) is 4.34 Å². The fraction of sp³-hybridized carbons (Fsp3) is 0.636. The fourth-order valence-electron chi connectivity index (χ4n) is 1.04. The largest absolute Gasteiger partial charge is 0.355 e. The summed E-state index contributed by atoms with van der Waals surface area (Å²) in [6, 6.07) is 0. The number of carbonyl (C=O) groups is 1. The summed E-state index contributed by atoms with van der Waals surface area (Å²) in [7, 11) is 0. The lowest BCUT2D eigenvalue weighted by atomic mass is 9.92. The normalized spacial score (nSPS) is 11.4. The fourth-order valence-corrected chi connectivity index (χ4v) is 2.50. The van der Waals surface area contributed by atoms with E-state index in [0.29, 0.717) is 5.75 Å². The van der Waals surface area contributed by atoms with Crippen LogP contribution in [0.25, 0.3) is 0 Å². The second-order valence-electron chi connectivity index (χ2n) is 4.75. The van der Waals surface area contributed by atoms with Crippen LogP contribution in [0.4, 0.5) is 0 Å². The number of thiazole rings is 1. The number of hydrogen-bond donors (Lipinski definition) is 1. The lowest BCUT2D eigenvalue weighted by Crippen LogP contribution is -2.28. The molecule has 0 saturated heterocycles. The van der Waals surface area contributed by atoms with Crippen molar-refractivity contribution in [3.63, 3.8) is 0 Å². The summed E-state index contributed by atoms with van der Waals surface area (Å²) in [4.78, 5) is 15.6. The SMILES string of the molecule is CC(C)(C)CCNC(=O)CSc1nccs1. The Kier molecular flexibility index (Phi) is 5.28. The maximum atomic E-state index is 11.5. The number of nitrogens with zero attached hydrogens (tertiary/aromatic N) is 1. The van der Waals surface area contributed by atoms with Gasteiger partial charge >= 0.3 is 0 Å². The molecule has 1 heterocycles. The van der Waals surface area contributed by atoms with Gasteiger partial charge in [0.15, 0.2) is 0 Å². The molecule has 1 N–H and O–H groups in total. The Morgan fingerprint density at radius 1 is 1.56 bits per heavy atom. The third-order valence-electron chi connectivity index (χ3n) is 1.93. The van der Waals surface area contributed by atoms with E-state index in [9.17, 15) is 4.79 Å². The van der Waals surface area contributed by atoms with Crippen LogP contribution in [-0.2, 0) is 4.79 Å². The lowest BCUT2D eigenvalue weighted by molar-refractivity contribution is -0.118. The highest BCUT2D eigenvalue weighted by molar-refractivity contribution is 8.01. The minimum Gasteiger partial charge on any atom is -0.355 e. The molecule has 0 atom stereocenters. The van der Waals surface area contributed by atoms with Crippen LogP contribution in [0.1, 0.15) is 27.2 Å². The minimum atomic E-state index is 0.0875. The van der Waals surface area contributed by atoms with E-state index in [0.717, 1.165) is 17.3 Å². The molecule has 0 aliphatic heterocycles. The molecule has 1 rings (SSSR count). The highest BCUT2D eigenvalue weighted by atomic mass is 32.2. The highest BCUT2D eigenvalue weighted by Gasteiger charge is 2.10. The van der Waals surface area contributed by atoms with Crippen molar-refractivity contribution in [2.45, 2.75) is 31.5 Å². The van der Waals surface area contributed by atoms with Crippen molar-refractivity contribution in [1.29, 1.82) is 0 Å². The number of thioether (sulfide) groups is 1. The molecule has 1 aromatic rings. The van der Waals surface area contributed by atoms with E-state index in [2.05, 4.69) is 31.1 Å². The third-order valence-corrected chi connectivity index (χ3v) is 3.90. The van der Waals surface area contributed by atoms with E-state index in [4.69, 9.17) is 0 Å². The Hall–Kier alpha value is -0.550. The van der Waals surface area contributed by atoms with Crippen molar-refractivity contribution < 1.29 is 4.79 Å². The molecular weight excluding hydrogens is 240 g/mol. The van der Waals surface area contributed by atoms with Crippen LogP contribution in [0.15, 0.2) is 15.9 Å². The van der Waals surface area contributed by atoms with Crippen molar-refractivity contribution in [2.24, 2.45) is 5.41 Å². The van der Waals surface area contributed by atoms with E-state index >= 15 is 0 Å². The van der Waals surface area contributed by atoms with Gasteiger partial charge in [-0.1, -0.05) is 32.5 Å². The van der Waals surface area contributed by atoms with Crippen LogP contribution in [0.5, 0.6) is 0 Å². The van der Waals surface area contributed by atoms with E-state index in [1.165, 1.54) is 11.8 Å². The summed E-state index contributed by atoms with van der Waals surface area (Å²) >= 11 is 3.05. The zero-order chi connectivity index (χ0) is 12.0. The standard InChI is InChI=1S/C11H18N2OS2/c1-11(2,3)4-5-12-9(14)8-16-10-13-6-7-15-10/h6-7H,4-5,8H2,1-3H3,(H,12,14). The molecule has 0 aliphatic rings. The second kappa shape index (κ2) is 6.25. The number of hydrogen-bond acceptors (Lipinski definition) is 4. The van der Waals surface area contributed by atoms with Crippen LogP contribution >= 0.6 is 23.1 Å². The molecule has 16 heavy (non-hydrogen) atoms. The number of nitrogens with one attached hydrogen (secondary N) is 1. The Morgan fingerprint density at radius 2 is 2.31 bits per heavy atom. The van der Waals surface area contributed by atoms with Crippen LogP contribution in [0.2, 0.25) is 0 Å². The van der Waals surface area contributed by atoms with Gasteiger partial charge in [0.05, 0.1) is 5.75 Å². The zero-order valence-corrected chi connectivity index (χ0v) is 11.6. The van der Waals surface area contributed by atoms with Crippen LogP contribution in [0.3, 0.4) is 0 Å². The van der Waals surface area contributed by atoms with E-state index < -0.39 is 0 Å². The number of amides is 1. The summed E-state index contributed by atoms with van der Waals surface area (Å²) in [6.07, 6.45) is 2.76. The molecule has 0 saturated carbocycles. The molecular formula is C11H18N2OS2. The van der Waals surface area contributed by atoms with Gasteiger partial charge in [0.25, 0.3) is 0 Å². The van der Waals surface area contributed by atoms with Gasteiger partial charge in [0.2, 0.25) is 5.91 Å². The summed E-state index contributed by atoms with van der Waals surface area (Å²) in [5, 5.41) is 4.84. The van der Waals surface area contributed by atoms with Gasteiger partial charge in [-0.2, -0.15) is 0 Å². The van der Waals surface area contributed by atoms with E-state index in [1.807, 2.05) is 5.38 Å². The maximum absolute atomic E-state index is 11.5. The maximum Gasteiger partial charge on any atom is 0.230 e. The molecule has 0 bridgehead atoms. The smallest absolute Gasteiger partial charge is 0.230 e. The molecule has 5 heteroatoms. The molecule has 0 aromatic carbocycles. The van der Waals surface area contributed by atoms with Crippen molar-refractivity contribution in [3.8, 4) is 0 Å². The Morgan fingerprint density at radius 3 is 2.88 bits per heavy atom. The van der Waals surface area contributed by atoms with Crippen molar-refractivity contribution in [2.75, 3.05) is 12.3 Å². The van der Waals surface area contributed by atoms with Crippen molar-refractivity contribution in [3.05, 3.63) is 11.6 Å². The molecule has 1 amide bonds. The molecule has 0 unspecified atom stereocenters. The Balaban J connectivity index is 2.12. The molecule has 3 nitrogen and oxygen atoms in total. The average molecular weight is 258 g/mol. The third kappa shape index (κ3) is 6.12. The predicted molar refractivity (Wildman–Crippen MR) is 69.9 cm³/mol. The molecule has 0 fully saturated rings. The topological polar surface area (TPSA) is 42.0 Å². The molecule has 90 valence electrons. The van der Waals surface area contributed by atoms with Crippen LogP contribution in [0, 0.1) is 5.41 Å². The van der Waals surface area contributed by atoms with Gasteiger partial charge in [-0.05, 0) is 11.8 Å². The van der Waals surface area contributed by atoms with Gasteiger partial charge < -0.3 is 5.32 Å². The molecule has 0 radical (unpaired) electrons. The second-order valence-corrected chi connectivity index (χ2v) is 6.86. The monoisotopic (exact) mass is 258 g/mol. The summed E-state index contributed by atoms with van der Waals surface area (Å²) < 4.78 is 0.950. The predicted octanol–water partition coefficient (Wildman–Crippen LogP) is 2.79. The quantitative estimate of drug-likeness (QED) is 0.826. The summed E-state index contributed by atoms with van der Waals surface area (Å²) in [5.74, 6) is 0.543. The number of rotatable bonds is 5. The molecule has 0 aliphatic carbocycles. The highest BCUT2D eigenvalue weighted by Crippen LogP contribution is 2.20. The van der Waals surface area contributed by atoms with E-state index in [-0.39, 0.29) is 11.3 Å². The Labute approximate surface area is 105 Å². The molecule has 0 spiro atoms.